The molecule has 0 fully saturated rings. The van der Waals surface area contributed by atoms with Gasteiger partial charge in [0.25, 0.3) is 5.91 Å². The van der Waals surface area contributed by atoms with Crippen molar-refractivity contribution in [2.75, 3.05) is 11.9 Å². The topological polar surface area (TPSA) is 125 Å². The summed E-state index contributed by atoms with van der Waals surface area (Å²) in [7, 11) is -3.90. The van der Waals surface area contributed by atoms with Crippen molar-refractivity contribution in [2.45, 2.75) is 17.9 Å². The molecule has 0 heterocycles. The van der Waals surface area contributed by atoms with Gasteiger partial charge < -0.3 is 14.8 Å². The molecule has 10 heteroatoms. The highest BCUT2D eigenvalue weighted by molar-refractivity contribution is 7.89. The number of amides is 1. The van der Waals surface area contributed by atoms with Gasteiger partial charge in [-0.15, -0.1) is 0 Å². The third-order valence-electron chi connectivity index (χ3n) is 3.26. The quantitative estimate of drug-likeness (QED) is 0.669. The summed E-state index contributed by atoms with van der Waals surface area (Å²) in [5, 5.41) is 7.94. The Morgan fingerprint density at radius 3 is 2.56 bits per heavy atom. The summed E-state index contributed by atoms with van der Waals surface area (Å²) in [4.78, 5) is 23.7. The number of hydrogen-bond donors (Lipinski definition) is 2. The van der Waals surface area contributed by atoms with E-state index in [0.29, 0.717) is 10.8 Å². The zero-order valence-corrected chi connectivity index (χ0v) is 15.8. The van der Waals surface area contributed by atoms with Crippen molar-refractivity contribution in [1.29, 1.82) is 0 Å². The van der Waals surface area contributed by atoms with Crippen molar-refractivity contribution in [3.8, 4) is 5.75 Å². The third-order valence-corrected chi connectivity index (χ3v) is 4.41. The molecule has 1 amide bonds. The first-order valence-electron chi connectivity index (χ1n) is 7.67. The lowest BCUT2D eigenvalue weighted by molar-refractivity contribution is -0.155. The van der Waals surface area contributed by atoms with Crippen LogP contribution in [-0.2, 0) is 24.3 Å². The van der Waals surface area contributed by atoms with Gasteiger partial charge in [-0.3, -0.25) is 4.79 Å². The van der Waals surface area contributed by atoms with E-state index in [9.17, 15) is 18.0 Å². The Balaban J connectivity index is 1.89. The highest BCUT2D eigenvalue weighted by atomic mass is 35.5. The van der Waals surface area contributed by atoms with Crippen LogP contribution in [0, 0.1) is 0 Å². The van der Waals surface area contributed by atoms with Crippen LogP contribution in [0.3, 0.4) is 0 Å². The Hall–Kier alpha value is -2.62. The van der Waals surface area contributed by atoms with E-state index >= 15 is 0 Å². The fourth-order valence-corrected chi connectivity index (χ4v) is 2.72. The van der Waals surface area contributed by atoms with Crippen molar-refractivity contribution in [3.63, 3.8) is 0 Å². The predicted octanol–water partition coefficient (Wildman–Crippen LogP) is 1.94. The van der Waals surface area contributed by atoms with Crippen LogP contribution in [0.5, 0.6) is 5.75 Å². The summed E-state index contributed by atoms with van der Waals surface area (Å²) in [6.45, 7) is 0.967. The van der Waals surface area contributed by atoms with Crippen LogP contribution in [0.1, 0.15) is 6.92 Å². The first kappa shape index (κ1) is 20.7. The molecule has 0 bridgehead atoms. The SMILES string of the molecule is C[C@H](OC(=O)COc1cccc(Cl)c1)C(=O)Nc1cccc(S(N)(=O)=O)c1. The van der Waals surface area contributed by atoms with Crippen molar-refractivity contribution < 1.29 is 27.5 Å². The monoisotopic (exact) mass is 412 g/mol. The maximum Gasteiger partial charge on any atom is 0.344 e. The van der Waals surface area contributed by atoms with E-state index in [0.717, 1.165) is 0 Å². The van der Waals surface area contributed by atoms with Gasteiger partial charge >= 0.3 is 5.97 Å². The molecule has 2 rings (SSSR count). The number of nitrogens with one attached hydrogen (secondary N) is 1. The second kappa shape index (κ2) is 8.85. The van der Waals surface area contributed by atoms with Crippen LogP contribution in [0.2, 0.25) is 5.02 Å². The zero-order chi connectivity index (χ0) is 20.0. The fraction of sp³-hybridized carbons (Fsp3) is 0.176. The van der Waals surface area contributed by atoms with E-state index in [2.05, 4.69) is 5.32 Å². The fourth-order valence-electron chi connectivity index (χ4n) is 1.98. The first-order chi connectivity index (χ1) is 12.6. The van der Waals surface area contributed by atoms with E-state index in [1.54, 1.807) is 18.2 Å². The highest BCUT2D eigenvalue weighted by Crippen LogP contribution is 2.17. The van der Waals surface area contributed by atoms with Gasteiger partial charge in [-0.1, -0.05) is 23.7 Å². The van der Waals surface area contributed by atoms with E-state index in [1.165, 1.54) is 37.3 Å². The van der Waals surface area contributed by atoms with Crippen LogP contribution in [0.15, 0.2) is 53.4 Å². The molecule has 8 nitrogen and oxygen atoms in total. The summed E-state index contributed by atoms with van der Waals surface area (Å²) in [6.07, 6.45) is -1.13. The molecule has 27 heavy (non-hydrogen) atoms. The summed E-state index contributed by atoms with van der Waals surface area (Å²) in [5.41, 5.74) is 0.199. The minimum atomic E-state index is -3.90. The molecule has 2 aromatic rings. The Bertz CT molecular complexity index is 948. The molecule has 2 aromatic carbocycles. The van der Waals surface area contributed by atoms with E-state index < -0.39 is 34.6 Å². The van der Waals surface area contributed by atoms with Crippen molar-refractivity contribution in [3.05, 3.63) is 53.6 Å². The molecule has 0 spiro atoms. The Morgan fingerprint density at radius 2 is 1.89 bits per heavy atom. The van der Waals surface area contributed by atoms with Crippen LogP contribution in [0.4, 0.5) is 5.69 Å². The van der Waals surface area contributed by atoms with Crippen molar-refractivity contribution in [1.82, 2.24) is 0 Å². The minimum Gasteiger partial charge on any atom is -0.482 e. The summed E-state index contributed by atoms with van der Waals surface area (Å²) < 4.78 is 32.9. The summed E-state index contributed by atoms with van der Waals surface area (Å²) >= 11 is 5.81. The van der Waals surface area contributed by atoms with Gasteiger partial charge in [0.05, 0.1) is 4.90 Å². The minimum absolute atomic E-state index is 0.153. The van der Waals surface area contributed by atoms with Gasteiger partial charge in [-0.2, -0.15) is 0 Å². The molecule has 1 atom stereocenters. The number of sulfonamides is 1. The number of carbonyl (C=O) groups is 2. The van der Waals surface area contributed by atoms with Gasteiger partial charge in [-0.25, -0.2) is 18.4 Å². The van der Waals surface area contributed by atoms with Crippen LogP contribution >= 0.6 is 11.6 Å². The standard InChI is InChI=1S/C17H17ClN2O6S/c1-11(26-16(21)10-25-14-6-2-4-12(18)8-14)17(22)20-13-5-3-7-15(9-13)27(19,23)24/h2-9,11H,10H2,1H3,(H,20,22)(H2,19,23,24)/t11-/m0/s1. The Kier molecular flexibility index (Phi) is 6.78. The average molecular weight is 413 g/mol. The maximum absolute atomic E-state index is 12.1. The van der Waals surface area contributed by atoms with E-state index in [1.807, 2.05) is 0 Å². The van der Waals surface area contributed by atoms with Crippen molar-refractivity contribution in [2.24, 2.45) is 5.14 Å². The molecule has 0 aliphatic carbocycles. The van der Waals surface area contributed by atoms with Crippen molar-refractivity contribution >= 4 is 39.2 Å². The lowest BCUT2D eigenvalue weighted by atomic mass is 10.3. The second-order valence-electron chi connectivity index (χ2n) is 5.44. The van der Waals surface area contributed by atoms with Crippen LogP contribution < -0.4 is 15.2 Å². The predicted molar refractivity (Wildman–Crippen MR) is 98.9 cm³/mol. The number of anilines is 1. The van der Waals surface area contributed by atoms with Gasteiger partial charge in [0.2, 0.25) is 10.0 Å². The molecule has 0 saturated heterocycles. The number of benzene rings is 2. The molecule has 0 aromatic heterocycles. The largest absolute Gasteiger partial charge is 0.482 e. The number of primary sulfonamides is 1. The smallest absolute Gasteiger partial charge is 0.344 e. The molecule has 144 valence electrons. The maximum atomic E-state index is 12.1. The van der Waals surface area contributed by atoms with Crippen LogP contribution in [-0.4, -0.2) is 33.0 Å². The number of halogens is 1. The lowest BCUT2D eigenvalue weighted by Crippen LogP contribution is -2.31. The first-order valence-corrected chi connectivity index (χ1v) is 9.59. The van der Waals surface area contributed by atoms with Gasteiger partial charge in [0.15, 0.2) is 12.7 Å². The van der Waals surface area contributed by atoms with E-state index in [-0.39, 0.29) is 10.6 Å². The summed E-state index contributed by atoms with van der Waals surface area (Å²) in [5.74, 6) is -1.01. The number of rotatable bonds is 7. The molecule has 0 unspecified atom stereocenters. The molecule has 0 aliphatic heterocycles. The number of nitrogens with two attached hydrogens (primary N) is 1. The number of hydrogen-bond acceptors (Lipinski definition) is 6. The summed E-state index contributed by atoms with van der Waals surface area (Å²) in [6, 6.07) is 11.9. The van der Waals surface area contributed by atoms with Gasteiger partial charge in [0.1, 0.15) is 5.75 Å². The zero-order valence-electron chi connectivity index (χ0n) is 14.2. The highest BCUT2D eigenvalue weighted by Gasteiger charge is 2.19. The number of carbonyl (C=O) groups excluding carboxylic acids is 2. The molecule has 0 radical (unpaired) electrons. The molecule has 0 saturated carbocycles. The lowest BCUT2D eigenvalue weighted by Gasteiger charge is -2.14. The molecule has 3 N–H and O–H groups in total. The molecular formula is C17H17ClN2O6S. The second-order valence-corrected chi connectivity index (χ2v) is 7.44. The molecule has 0 aliphatic rings. The van der Waals surface area contributed by atoms with Crippen LogP contribution in [0.25, 0.3) is 0 Å². The van der Waals surface area contributed by atoms with Gasteiger partial charge in [-0.05, 0) is 43.3 Å². The third kappa shape index (κ3) is 6.55. The number of ether oxygens (including phenoxy) is 2. The average Bonchev–Trinajstić information content (AvgIpc) is 2.59. The van der Waals surface area contributed by atoms with Gasteiger partial charge in [0, 0.05) is 10.7 Å². The number of esters is 1. The Morgan fingerprint density at radius 1 is 1.19 bits per heavy atom. The molecular weight excluding hydrogens is 396 g/mol. The van der Waals surface area contributed by atoms with E-state index in [4.69, 9.17) is 26.2 Å². The normalized spacial score (nSPS) is 12.1. The Labute approximate surface area is 161 Å².